The van der Waals surface area contributed by atoms with Gasteiger partial charge in [-0.05, 0) is 42.3 Å². The highest BCUT2D eigenvalue weighted by Gasteiger charge is 2.45. The minimum absolute atomic E-state index is 0.174. The SMILES string of the molecule is Cc1cnc2c(c1)c(-c1nc(-c3cccc([C@]4(O)CCN(C)C4=O)c3)cs1)cn2S(=O)(=O)c1ccccc1. The lowest BCUT2D eigenvalue weighted by atomic mass is 9.90. The molecule has 0 unspecified atom stereocenters. The molecule has 0 radical (unpaired) electrons. The van der Waals surface area contributed by atoms with E-state index in [1.807, 2.05) is 24.4 Å². The first-order valence-electron chi connectivity index (χ1n) is 12.0. The molecule has 5 aromatic rings. The van der Waals surface area contributed by atoms with E-state index in [9.17, 15) is 18.3 Å². The molecule has 8 nitrogen and oxygen atoms in total. The first kappa shape index (κ1) is 24.5. The highest BCUT2D eigenvalue weighted by atomic mass is 32.2. The van der Waals surface area contributed by atoms with Crippen molar-refractivity contribution < 1.29 is 18.3 Å². The van der Waals surface area contributed by atoms with E-state index in [0.29, 0.717) is 45.8 Å². The van der Waals surface area contributed by atoms with Crippen LogP contribution >= 0.6 is 11.3 Å². The lowest BCUT2D eigenvalue weighted by molar-refractivity contribution is -0.143. The van der Waals surface area contributed by atoms with Crippen molar-refractivity contribution in [1.29, 1.82) is 0 Å². The third-order valence-corrected chi connectivity index (χ3v) is 9.47. The van der Waals surface area contributed by atoms with Gasteiger partial charge in [-0.25, -0.2) is 22.4 Å². The molecule has 0 saturated carbocycles. The smallest absolute Gasteiger partial charge is 0.269 e. The molecule has 1 amide bonds. The average molecular weight is 545 g/mol. The molecular weight excluding hydrogens is 520 g/mol. The minimum atomic E-state index is -3.88. The summed E-state index contributed by atoms with van der Waals surface area (Å²) >= 11 is 1.39. The Labute approximate surface area is 223 Å². The van der Waals surface area contributed by atoms with Gasteiger partial charge in [0, 0.05) is 54.3 Å². The highest BCUT2D eigenvalue weighted by molar-refractivity contribution is 7.90. The molecule has 192 valence electrons. The van der Waals surface area contributed by atoms with E-state index in [1.165, 1.54) is 20.2 Å². The van der Waals surface area contributed by atoms with Crippen molar-refractivity contribution in [3.63, 3.8) is 0 Å². The number of thiazole rings is 1. The molecule has 0 aliphatic carbocycles. The predicted molar refractivity (Wildman–Crippen MR) is 146 cm³/mol. The van der Waals surface area contributed by atoms with Gasteiger partial charge in [0.05, 0.1) is 10.6 Å². The van der Waals surface area contributed by atoms with Crippen LogP contribution in [-0.2, 0) is 20.4 Å². The Morgan fingerprint density at radius 1 is 1.08 bits per heavy atom. The Bertz CT molecular complexity index is 1810. The molecule has 10 heteroatoms. The third-order valence-electron chi connectivity index (χ3n) is 6.93. The molecule has 2 aromatic carbocycles. The number of likely N-dealkylation sites (N-methyl/N-ethyl adjacent to an activating group) is 1. The molecule has 1 fully saturated rings. The summed E-state index contributed by atoms with van der Waals surface area (Å²) in [5.74, 6) is -0.316. The third kappa shape index (κ3) is 3.84. The fraction of sp³-hybridized carbons (Fsp3) is 0.179. The number of pyridine rings is 1. The Morgan fingerprint density at radius 2 is 1.87 bits per heavy atom. The summed E-state index contributed by atoms with van der Waals surface area (Å²) in [5, 5.41) is 14.3. The second-order valence-electron chi connectivity index (χ2n) is 9.50. The van der Waals surface area contributed by atoms with Gasteiger partial charge in [-0.2, -0.15) is 0 Å². The summed E-state index contributed by atoms with van der Waals surface area (Å²) < 4.78 is 28.2. The standard InChI is InChI=1S/C28H24N4O4S2/c1-18-13-22-23(16-32(25(22)29-15-18)38(35,36)21-9-4-3-5-10-21)26-30-24(17-37-26)19-7-6-8-20(14-19)28(34)11-12-31(2)27(28)33/h3-10,13-17,34H,11-12H2,1-2H3/t28-/m1/s1. The summed E-state index contributed by atoms with van der Waals surface area (Å²) in [6, 6.07) is 17.4. The fourth-order valence-electron chi connectivity index (χ4n) is 4.83. The van der Waals surface area contributed by atoms with Crippen LogP contribution in [-0.4, -0.2) is 51.9 Å². The van der Waals surface area contributed by atoms with Gasteiger partial charge in [0.2, 0.25) is 0 Å². The molecule has 1 atom stereocenters. The summed E-state index contributed by atoms with van der Waals surface area (Å²) in [6.07, 6.45) is 3.55. The fourth-order valence-corrected chi connectivity index (χ4v) is 7.03. The van der Waals surface area contributed by atoms with E-state index >= 15 is 0 Å². The lowest BCUT2D eigenvalue weighted by Crippen LogP contribution is -2.36. The summed E-state index contributed by atoms with van der Waals surface area (Å²) in [6.45, 7) is 2.40. The number of rotatable bonds is 5. The molecule has 4 heterocycles. The van der Waals surface area contributed by atoms with Crippen LogP contribution in [0.4, 0.5) is 0 Å². The normalized spacial score (nSPS) is 18.0. The van der Waals surface area contributed by atoms with Gasteiger partial charge < -0.3 is 10.0 Å². The maximum atomic E-state index is 13.5. The molecule has 1 aliphatic heterocycles. The molecular formula is C28H24N4O4S2. The molecule has 0 spiro atoms. The quantitative estimate of drug-likeness (QED) is 0.351. The number of hydrogen-bond acceptors (Lipinski definition) is 7. The van der Waals surface area contributed by atoms with Crippen LogP contribution < -0.4 is 0 Å². The predicted octanol–water partition coefficient (Wildman–Crippen LogP) is 4.42. The zero-order valence-electron chi connectivity index (χ0n) is 20.7. The van der Waals surface area contributed by atoms with Crippen molar-refractivity contribution in [2.75, 3.05) is 13.6 Å². The molecule has 3 aromatic heterocycles. The summed E-state index contributed by atoms with van der Waals surface area (Å²) in [5.41, 5.74) is 2.30. The number of fused-ring (bicyclic) bond motifs is 1. The van der Waals surface area contributed by atoms with E-state index in [1.54, 1.807) is 68.0 Å². The second-order valence-corrected chi connectivity index (χ2v) is 12.2. The van der Waals surface area contributed by atoms with Gasteiger partial charge in [-0.1, -0.05) is 36.4 Å². The monoisotopic (exact) mass is 544 g/mol. The van der Waals surface area contributed by atoms with E-state index in [4.69, 9.17) is 4.98 Å². The number of aromatic nitrogens is 3. The zero-order valence-corrected chi connectivity index (χ0v) is 22.3. The maximum Gasteiger partial charge on any atom is 0.269 e. The molecule has 38 heavy (non-hydrogen) atoms. The van der Waals surface area contributed by atoms with E-state index in [2.05, 4.69) is 4.98 Å². The second kappa shape index (κ2) is 8.87. The number of likely N-dealkylation sites (tertiary alicyclic amines) is 1. The number of aryl methyl sites for hydroxylation is 1. The van der Waals surface area contributed by atoms with Crippen molar-refractivity contribution in [2.45, 2.75) is 23.8 Å². The van der Waals surface area contributed by atoms with Crippen LogP contribution in [0, 0.1) is 6.92 Å². The Hall–Kier alpha value is -3.86. The number of hydrogen-bond donors (Lipinski definition) is 1. The van der Waals surface area contributed by atoms with Crippen molar-refractivity contribution in [1.82, 2.24) is 18.8 Å². The molecule has 1 N–H and O–H groups in total. The van der Waals surface area contributed by atoms with Crippen molar-refractivity contribution in [2.24, 2.45) is 0 Å². The number of amides is 1. The van der Waals surface area contributed by atoms with Crippen molar-refractivity contribution in [3.8, 4) is 21.8 Å². The average Bonchev–Trinajstić information content (AvgIpc) is 3.63. The number of carbonyl (C=O) groups excluding carboxylic acids is 1. The Kier molecular flexibility index (Phi) is 5.71. The summed E-state index contributed by atoms with van der Waals surface area (Å²) in [7, 11) is -2.19. The number of nitrogens with zero attached hydrogens (tertiary/aromatic N) is 4. The minimum Gasteiger partial charge on any atom is -0.375 e. The van der Waals surface area contributed by atoms with Crippen LogP contribution in [0.25, 0.3) is 32.9 Å². The first-order chi connectivity index (χ1) is 18.2. The number of benzene rings is 2. The lowest BCUT2D eigenvalue weighted by Gasteiger charge is -2.21. The molecule has 0 bridgehead atoms. The van der Waals surface area contributed by atoms with Gasteiger partial charge in [-0.3, -0.25) is 4.79 Å². The number of carbonyl (C=O) groups is 1. The highest BCUT2D eigenvalue weighted by Crippen LogP contribution is 2.38. The Morgan fingerprint density at radius 3 is 2.61 bits per heavy atom. The van der Waals surface area contributed by atoms with Gasteiger partial charge in [0.15, 0.2) is 11.2 Å². The Balaban J connectivity index is 1.44. The van der Waals surface area contributed by atoms with Gasteiger partial charge in [0.1, 0.15) is 5.01 Å². The van der Waals surface area contributed by atoms with Crippen LogP contribution in [0.5, 0.6) is 0 Å². The van der Waals surface area contributed by atoms with Gasteiger partial charge >= 0.3 is 0 Å². The van der Waals surface area contributed by atoms with Gasteiger partial charge in [-0.15, -0.1) is 11.3 Å². The molecule has 1 saturated heterocycles. The summed E-state index contributed by atoms with van der Waals surface area (Å²) in [4.78, 5) is 23.6. The maximum absolute atomic E-state index is 13.5. The van der Waals surface area contributed by atoms with Crippen LogP contribution in [0.3, 0.4) is 0 Å². The zero-order chi connectivity index (χ0) is 26.7. The molecule has 6 rings (SSSR count). The van der Waals surface area contributed by atoms with E-state index in [-0.39, 0.29) is 10.8 Å². The first-order valence-corrected chi connectivity index (χ1v) is 14.3. The van der Waals surface area contributed by atoms with Gasteiger partial charge in [0.25, 0.3) is 15.9 Å². The van der Waals surface area contributed by atoms with E-state index in [0.717, 1.165) is 11.1 Å². The molecule has 1 aliphatic rings. The van der Waals surface area contributed by atoms with Crippen LogP contribution in [0.1, 0.15) is 17.5 Å². The van der Waals surface area contributed by atoms with Crippen molar-refractivity contribution in [3.05, 3.63) is 89.6 Å². The van der Waals surface area contributed by atoms with Crippen LogP contribution in [0.2, 0.25) is 0 Å². The largest absolute Gasteiger partial charge is 0.375 e. The van der Waals surface area contributed by atoms with Crippen LogP contribution in [0.15, 0.2) is 83.3 Å². The van der Waals surface area contributed by atoms with Crippen molar-refractivity contribution >= 4 is 38.3 Å². The topological polar surface area (TPSA) is 105 Å². The number of aliphatic hydroxyl groups is 1. The van der Waals surface area contributed by atoms with E-state index < -0.39 is 15.6 Å².